The van der Waals surface area contributed by atoms with Crippen LogP contribution in [0, 0.1) is 0 Å². The second-order valence-corrected chi connectivity index (χ2v) is 6.32. The summed E-state index contributed by atoms with van der Waals surface area (Å²) in [4.78, 5) is 15.9. The van der Waals surface area contributed by atoms with E-state index in [1.54, 1.807) is 6.20 Å². The number of H-pyrrole nitrogens is 1. The molecule has 3 aromatic rings. The molecule has 0 saturated carbocycles. The summed E-state index contributed by atoms with van der Waals surface area (Å²) in [6.45, 7) is 0. The van der Waals surface area contributed by atoms with Crippen LogP contribution in [0.4, 0.5) is 32.0 Å². The van der Waals surface area contributed by atoms with Gasteiger partial charge in [0.2, 0.25) is 0 Å². The number of aryl methyl sites for hydroxylation is 2. The van der Waals surface area contributed by atoms with Gasteiger partial charge in [0.25, 0.3) is 0 Å². The molecule has 0 aliphatic heterocycles. The fourth-order valence-corrected chi connectivity index (χ4v) is 2.56. The molecule has 5 nitrogen and oxygen atoms in total. The Morgan fingerprint density at radius 2 is 1.73 bits per heavy atom. The van der Waals surface area contributed by atoms with E-state index in [0.717, 1.165) is 41.6 Å². The molecule has 3 rings (SSSR count). The number of aromatic amines is 1. The third-order valence-corrected chi connectivity index (χ3v) is 4.07. The van der Waals surface area contributed by atoms with Crippen LogP contribution in [0.2, 0.25) is 0 Å². The van der Waals surface area contributed by atoms with Crippen LogP contribution in [-0.4, -0.2) is 27.2 Å². The molecular formula is C19H17F6N3O2. The van der Waals surface area contributed by atoms with Crippen molar-refractivity contribution in [3.8, 4) is 0 Å². The molecule has 0 radical (unpaired) electrons. The summed E-state index contributed by atoms with van der Waals surface area (Å²) >= 11 is 0. The number of nitrogens with two attached hydrogens (primary N) is 1. The third kappa shape index (κ3) is 6.39. The SMILES string of the molecule is Nc1c[nH]c2ccc(CCCc3ccc(C(F)(F)F)cn3)cc12.O=C(O)C(F)(F)F. The summed E-state index contributed by atoms with van der Waals surface area (Å²) in [6, 6.07) is 8.57. The van der Waals surface area contributed by atoms with Crippen molar-refractivity contribution in [2.75, 3.05) is 5.73 Å². The third-order valence-electron chi connectivity index (χ3n) is 4.07. The number of anilines is 1. The summed E-state index contributed by atoms with van der Waals surface area (Å²) in [7, 11) is 0. The first-order chi connectivity index (χ1) is 13.9. The number of carboxylic acids is 1. The number of hydrogen-bond donors (Lipinski definition) is 3. The van der Waals surface area contributed by atoms with Crippen LogP contribution in [0.1, 0.15) is 23.2 Å². The second kappa shape index (κ2) is 9.06. The van der Waals surface area contributed by atoms with Gasteiger partial charge in [0.15, 0.2) is 0 Å². The lowest BCUT2D eigenvalue weighted by atomic mass is 10.0. The van der Waals surface area contributed by atoms with Gasteiger partial charge in [0, 0.05) is 29.0 Å². The number of nitrogens with one attached hydrogen (secondary N) is 1. The number of nitrogen functional groups attached to an aromatic ring is 1. The number of pyridine rings is 1. The van der Waals surface area contributed by atoms with Crippen LogP contribution in [0.15, 0.2) is 42.7 Å². The maximum Gasteiger partial charge on any atom is 0.490 e. The Bertz CT molecular complexity index is 994. The van der Waals surface area contributed by atoms with Gasteiger partial charge in [-0.05, 0) is 49.1 Å². The molecule has 30 heavy (non-hydrogen) atoms. The average molecular weight is 433 g/mol. The molecule has 0 atom stereocenters. The standard InChI is InChI=1S/C17H16F3N3.C2HF3O2/c18-17(19,20)12-5-6-13(22-9-12)3-1-2-11-4-7-16-14(8-11)15(21)10-23-16;3-2(4,5)1(6)7/h4-10,23H,1-3,21H2;(H,6,7). The van der Waals surface area contributed by atoms with Crippen LogP contribution in [0.3, 0.4) is 0 Å². The van der Waals surface area contributed by atoms with Crippen molar-refractivity contribution in [1.29, 1.82) is 0 Å². The number of rotatable bonds is 4. The molecule has 0 fully saturated rings. The van der Waals surface area contributed by atoms with Gasteiger partial charge >= 0.3 is 18.3 Å². The summed E-state index contributed by atoms with van der Waals surface area (Å²) < 4.78 is 69.2. The number of alkyl halides is 6. The lowest BCUT2D eigenvalue weighted by Crippen LogP contribution is -2.21. The van der Waals surface area contributed by atoms with E-state index in [4.69, 9.17) is 15.6 Å². The Morgan fingerprint density at radius 3 is 2.27 bits per heavy atom. The van der Waals surface area contributed by atoms with Gasteiger partial charge in [0.05, 0.1) is 11.3 Å². The molecule has 0 bridgehead atoms. The summed E-state index contributed by atoms with van der Waals surface area (Å²) in [6.07, 6.45) is -4.49. The van der Waals surface area contributed by atoms with Gasteiger partial charge in [0.1, 0.15) is 0 Å². The Balaban J connectivity index is 0.000000396. The van der Waals surface area contributed by atoms with Crippen LogP contribution in [0.5, 0.6) is 0 Å². The maximum absolute atomic E-state index is 12.5. The van der Waals surface area contributed by atoms with Crippen molar-refractivity contribution >= 4 is 22.6 Å². The highest BCUT2D eigenvalue weighted by Gasteiger charge is 2.38. The molecule has 4 N–H and O–H groups in total. The summed E-state index contributed by atoms with van der Waals surface area (Å²) in [5.74, 6) is -2.76. The van der Waals surface area contributed by atoms with Crippen molar-refractivity contribution in [3.63, 3.8) is 0 Å². The molecule has 0 saturated heterocycles. The molecule has 0 aliphatic carbocycles. The zero-order valence-electron chi connectivity index (χ0n) is 15.3. The van der Waals surface area contributed by atoms with E-state index in [-0.39, 0.29) is 0 Å². The molecule has 0 amide bonds. The number of nitrogens with zero attached hydrogens (tertiary/aromatic N) is 1. The van der Waals surface area contributed by atoms with E-state index in [2.05, 4.69) is 9.97 Å². The fraction of sp³-hybridized carbons (Fsp3) is 0.263. The molecule has 162 valence electrons. The van der Waals surface area contributed by atoms with Crippen molar-refractivity contribution in [2.45, 2.75) is 31.6 Å². The largest absolute Gasteiger partial charge is 0.490 e. The van der Waals surface area contributed by atoms with Gasteiger partial charge < -0.3 is 15.8 Å². The Hall–Kier alpha value is -3.24. The van der Waals surface area contributed by atoms with Gasteiger partial charge in [-0.15, -0.1) is 0 Å². The first kappa shape index (κ1) is 23.0. The van der Waals surface area contributed by atoms with Crippen molar-refractivity contribution in [1.82, 2.24) is 9.97 Å². The first-order valence-corrected chi connectivity index (χ1v) is 8.55. The number of fused-ring (bicyclic) bond motifs is 1. The number of halogens is 6. The van der Waals surface area contributed by atoms with Crippen LogP contribution < -0.4 is 5.73 Å². The fourth-order valence-electron chi connectivity index (χ4n) is 2.56. The van der Waals surface area contributed by atoms with Crippen molar-refractivity contribution in [2.24, 2.45) is 0 Å². The van der Waals surface area contributed by atoms with E-state index < -0.39 is 23.9 Å². The van der Waals surface area contributed by atoms with Gasteiger partial charge in [-0.3, -0.25) is 4.98 Å². The zero-order valence-corrected chi connectivity index (χ0v) is 15.3. The molecule has 2 heterocycles. The number of hydrogen-bond acceptors (Lipinski definition) is 3. The van der Waals surface area contributed by atoms with Crippen LogP contribution in [-0.2, 0) is 23.8 Å². The zero-order chi connectivity index (χ0) is 22.5. The highest BCUT2D eigenvalue weighted by atomic mass is 19.4. The number of benzene rings is 1. The van der Waals surface area contributed by atoms with E-state index in [0.29, 0.717) is 17.8 Å². The van der Waals surface area contributed by atoms with Crippen molar-refractivity contribution < 1.29 is 36.2 Å². The summed E-state index contributed by atoms with van der Waals surface area (Å²) in [5, 5.41) is 8.12. The van der Waals surface area contributed by atoms with E-state index >= 15 is 0 Å². The molecule has 0 spiro atoms. The van der Waals surface area contributed by atoms with Gasteiger partial charge in [-0.2, -0.15) is 26.3 Å². The van der Waals surface area contributed by atoms with E-state index in [1.807, 2.05) is 18.2 Å². The highest BCUT2D eigenvalue weighted by Crippen LogP contribution is 2.28. The number of carbonyl (C=O) groups is 1. The van der Waals surface area contributed by atoms with Crippen molar-refractivity contribution in [3.05, 3.63) is 59.5 Å². The predicted octanol–water partition coefficient (Wildman–Crippen LogP) is 4.97. The predicted molar refractivity (Wildman–Crippen MR) is 97.7 cm³/mol. The van der Waals surface area contributed by atoms with Gasteiger partial charge in [-0.25, -0.2) is 4.79 Å². The Kier molecular flexibility index (Phi) is 6.96. The quantitative estimate of drug-likeness (QED) is 0.507. The van der Waals surface area contributed by atoms with Crippen LogP contribution in [0.25, 0.3) is 10.9 Å². The normalized spacial score (nSPS) is 11.8. The number of aromatic nitrogens is 2. The minimum Gasteiger partial charge on any atom is -0.475 e. The minimum atomic E-state index is -5.08. The smallest absolute Gasteiger partial charge is 0.475 e. The molecule has 11 heteroatoms. The number of carboxylic acid groups (broad SMARTS) is 1. The summed E-state index contributed by atoms with van der Waals surface area (Å²) in [5.41, 5.74) is 8.69. The maximum atomic E-state index is 12.5. The topological polar surface area (TPSA) is 92.0 Å². The Morgan fingerprint density at radius 1 is 1.07 bits per heavy atom. The monoisotopic (exact) mass is 433 g/mol. The number of aliphatic carboxylic acids is 1. The highest BCUT2D eigenvalue weighted by molar-refractivity contribution is 5.91. The molecule has 0 aliphatic rings. The van der Waals surface area contributed by atoms with Crippen LogP contribution >= 0.6 is 0 Å². The lowest BCUT2D eigenvalue weighted by molar-refractivity contribution is -0.192. The average Bonchev–Trinajstić information content (AvgIpc) is 3.02. The minimum absolute atomic E-state index is 0.638. The first-order valence-electron chi connectivity index (χ1n) is 8.55. The second-order valence-electron chi connectivity index (χ2n) is 6.32. The molecule has 0 unspecified atom stereocenters. The van der Waals surface area contributed by atoms with Gasteiger partial charge in [-0.1, -0.05) is 6.07 Å². The van der Waals surface area contributed by atoms with E-state index in [1.165, 1.54) is 6.07 Å². The van der Waals surface area contributed by atoms with E-state index in [9.17, 15) is 26.3 Å². The molecular weight excluding hydrogens is 416 g/mol. The lowest BCUT2D eigenvalue weighted by Gasteiger charge is -2.07. The molecule has 2 aromatic heterocycles. The molecule has 1 aromatic carbocycles. The Labute approximate surface area is 166 Å².